The number of aryl methyl sites for hydroxylation is 1. The van der Waals surface area contributed by atoms with Gasteiger partial charge in [0.05, 0.1) is 17.7 Å². The molecule has 0 saturated heterocycles. The first-order chi connectivity index (χ1) is 14.9. The molecule has 0 unspecified atom stereocenters. The second-order valence-corrected chi connectivity index (χ2v) is 8.05. The smallest absolute Gasteiger partial charge is 0.251 e. The molecule has 3 aromatic rings. The largest absolute Gasteiger partial charge is 0.491 e. The number of nitrogens with two attached hydrogens (primary N) is 2. The van der Waals surface area contributed by atoms with E-state index in [2.05, 4.69) is 5.32 Å². The predicted molar refractivity (Wildman–Crippen MR) is 113 cm³/mol. The fourth-order valence-corrected chi connectivity index (χ4v) is 4.15. The van der Waals surface area contributed by atoms with Gasteiger partial charge in [-0.05, 0) is 49.4 Å². The molecule has 5 N–H and O–H groups in total. The van der Waals surface area contributed by atoms with Crippen molar-refractivity contribution in [3.63, 3.8) is 0 Å². The summed E-state index contributed by atoms with van der Waals surface area (Å²) < 4.78 is 21.9. The summed E-state index contributed by atoms with van der Waals surface area (Å²) in [5.41, 5.74) is 13.5. The van der Waals surface area contributed by atoms with E-state index >= 15 is 0 Å². The van der Waals surface area contributed by atoms with Gasteiger partial charge in [-0.1, -0.05) is 0 Å². The Balaban J connectivity index is 1.63. The summed E-state index contributed by atoms with van der Waals surface area (Å²) >= 11 is 0. The Kier molecular flexibility index (Phi) is 4.53. The van der Waals surface area contributed by atoms with Gasteiger partial charge < -0.3 is 26.1 Å². The summed E-state index contributed by atoms with van der Waals surface area (Å²) in [5.74, 6) is -0.406. The highest BCUT2D eigenvalue weighted by atomic mass is 19.1. The molecule has 5 rings (SSSR count). The van der Waals surface area contributed by atoms with Crippen LogP contribution < -0.4 is 21.5 Å². The number of benzene rings is 2. The number of rotatable bonds is 6. The average molecular weight is 423 g/mol. The maximum atomic E-state index is 14.0. The van der Waals surface area contributed by atoms with Gasteiger partial charge in [-0.15, -0.1) is 0 Å². The van der Waals surface area contributed by atoms with Gasteiger partial charge in [0.1, 0.15) is 28.9 Å². The lowest BCUT2D eigenvalue weighted by molar-refractivity contribution is -0.119. The highest BCUT2D eigenvalue weighted by Crippen LogP contribution is 2.38. The number of carbonyl (C=O) groups is 2. The zero-order valence-corrected chi connectivity index (χ0v) is 16.7. The maximum absolute atomic E-state index is 14.0. The fraction of sp³-hybridized carbons (Fsp3) is 0.318. The second kappa shape index (κ2) is 7.26. The zero-order valence-electron chi connectivity index (χ0n) is 16.7. The van der Waals surface area contributed by atoms with E-state index in [1.54, 1.807) is 6.07 Å². The van der Waals surface area contributed by atoms with Crippen molar-refractivity contribution in [2.45, 2.75) is 31.8 Å². The third-order valence-corrected chi connectivity index (χ3v) is 5.80. The minimum absolute atomic E-state index is 0.182. The van der Waals surface area contributed by atoms with Crippen molar-refractivity contribution >= 4 is 28.5 Å². The molecule has 2 amide bonds. The minimum atomic E-state index is -0.834. The van der Waals surface area contributed by atoms with Crippen molar-refractivity contribution in [3.8, 4) is 17.1 Å². The van der Waals surface area contributed by atoms with Crippen LogP contribution in [0.4, 0.5) is 10.1 Å². The van der Waals surface area contributed by atoms with E-state index in [4.69, 9.17) is 21.2 Å². The van der Waals surface area contributed by atoms with Crippen molar-refractivity contribution < 1.29 is 18.7 Å². The molecule has 9 heteroatoms. The van der Waals surface area contributed by atoms with Crippen LogP contribution in [0.3, 0.4) is 0 Å². The van der Waals surface area contributed by atoms with E-state index in [0.29, 0.717) is 41.5 Å². The van der Waals surface area contributed by atoms with Crippen LogP contribution >= 0.6 is 0 Å². The summed E-state index contributed by atoms with van der Waals surface area (Å²) in [7, 11) is 0. The number of hydrogen-bond donors (Lipinski definition) is 3. The van der Waals surface area contributed by atoms with E-state index in [0.717, 1.165) is 24.8 Å². The Labute approximate surface area is 177 Å². The number of nitrogens with zero attached hydrogens (tertiary/aromatic N) is 2. The van der Waals surface area contributed by atoms with Crippen LogP contribution in [0.1, 0.15) is 29.6 Å². The lowest BCUT2D eigenvalue weighted by Crippen LogP contribution is -2.37. The molecule has 2 aromatic carbocycles. The first kappa shape index (κ1) is 19.3. The van der Waals surface area contributed by atoms with Crippen molar-refractivity contribution in [1.29, 1.82) is 0 Å². The molecule has 31 heavy (non-hydrogen) atoms. The first-order valence-electron chi connectivity index (χ1n) is 10.2. The molecule has 2 aliphatic rings. The number of halogens is 1. The molecular formula is C22H22FN5O3. The number of ether oxygens (including phenoxy) is 1. The number of aromatic nitrogens is 2. The fourth-order valence-electron chi connectivity index (χ4n) is 4.15. The van der Waals surface area contributed by atoms with E-state index in [1.165, 1.54) is 12.1 Å². The Bertz CT molecular complexity index is 1220. The molecule has 1 aliphatic carbocycles. The third kappa shape index (κ3) is 3.45. The summed E-state index contributed by atoms with van der Waals surface area (Å²) in [4.78, 5) is 28.2. The summed E-state index contributed by atoms with van der Waals surface area (Å²) in [6.07, 6.45) is 2.70. The number of carbonyl (C=O) groups excluding carboxylic acids is 2. The number of imidazole rings is 1. The summed E-state index contributed by atoms with van der Waals surface area (Å²) in [6.45, 7) is 1.18. The quantitative estimate of drug-likeness (QED) is 0.561. The SMILES string of the molecule is NC(=O)c1cc(-c2nc3cc(N[C@H](C(N)=O)C4CC4)cc4c3n2CCCO4)ccc1F. The van der Waals surface area contributed by atoms with Crippen LogP contribution in [0.2, 0.25) is 0 Å². The normalized spacial score (nSPS) is 16.4. The topological polar surface area (TPSA) is 125 Å². The van der Waals surface area contributed by atoms with E-state index in [9.17, 15) is 14.0 Å². The number of hydrogen-bond acceptors (Lipinski definition) is 5. The van der Waals surface area contributed by atoms with Crippen molar-refractivity contribution in [1.82, 2.24) is 9.55 Å². The summed E-state index contributed by atoms with van der Waals surface area (Å²) in [5, 5.41) is 3.24. The highest BCUT2D eigenvalue weighted by Gasteiger charge is 2.35. The van der Waals surface area contributed by atoms with Crippen molar-refractivity contribution in [2.75, 3.05) is 11.9 Å². The van der Waals surface area contributed by atoms with Crippen molar-refractivity contribution in [2.24, 2.45) is 17.4 Å². The Hall–Kier alpha value is -3.62. The van der Waals surface area contributed by atoms with Gasteiger partial charge in [-0.2, -0.15) is 0 Å². The van der Waals surface area contributed by atoms with Crippen LogP contribution in [-0.4, -0.2) is 34.0 Å². The molecule has 2 heterocycles. The Morgan fingerprint density at radius 3 is 2.74 bits per heavy atom. The Morgan fingerprint density at radius 2 is 2.03 bits per heavy atom. The van der Waals surface area contributed by atoms with Gasteiger partial charge in [0, 0.05) is 23.9 Å². The lowest BCUT2D eigenvalue weighted by Gasteiger charge is -2.17. The monoisotopic (exact) mass is 423 g/mol. The number of anilines is 1. The minimum Gasteiger partial charge on any atom is -0.491 e. The molecule has 0 spiro atoms. The van der Waals surface area contributed by atoms with Crippen LogP contribution in [0.5, 0.6) is 5.75 Å². The van der Waals surface area contributed by atoms with Crippen LogP contribution in [0.25, 0.3) is 22.4 Å². The molecule has 1 atom stereocenters. The van der Waals surface area contributed by atoms with Crippen LogP contribution in [0, 0.1) is 11.7 Å². The van der Waals surface area contributed by atoms with E-state index < -0.39 is 17.8 Å². The molecule has 1 aromatic heterocycles. The molecule has 0 radical (unpaired) electrons. The second-order valence-electron chi connectivity index (χ2n) is 8.05. The molecule has 8 nitrogen and oxygen atoms in total. The van der Waals surface area contributed by atoms with Gasteiger partial charge >= 0.3 is 0 Å². The molecule has 1 fully saturated rings. The maximum Gasteiger partial charge on any atom is 0.251 e. The Morgan fingerprint density at radius 1 is 1.23 bits per heavy atom. The number of amides is 2. The van der Waals surface area contributed by atoms with Gasteiger partial charge in [-0.25, -0.2) is 9.37 Å². The predicted octanol–water partition coefficient (Wildman–Crippen LogP) is 2.40. The molecule has 1 saturated carbocycles. The first-order valence-corrected chi connectivity index (χ1v) is 10.2. The van der Waals surface area contributed by atoms with Gasteiger partial charge in [0.15, 0.2) is 0 Å². The molecule has 1 aliphatic heterocycles. The average Bonchev–Trinajstić information content (AvgIpc) is 3.52. The molecule has 160 valence electrons. The van der Waals surface area contributed by atoms with E-state index in [1.807, 2.05) is 16.7 Å². The lowest BCUT2D eigenvalue weighted by atomic mass is 10.1. The standard InChI is InChI=1S/C22H22FN5O3/c23-15-5-4-12(8-14(15)20(24)29)22-27-16-9-13(26-18(21(25)30)11-2-3-11)10-17-19(16)28(22)6-1-7-31-17/h4-5,8-11,18,26H,1-3,6-7H2,(H2,24,29)(H2,25,30)/t18-/m0/s1. The molecular weight excluding hydrogens is 401 g/mol. The van der Waals surface area contributed by atoms with Crippen molar-refractivity contribution in [3.05, 3.63) is 41.7 Å². The van der Waals surface area contributed by atoms with Gasteiger partial charge in [-0.3, -0.25) is 9.59 Å². The number of nitrogens with one attached hydrogen (secondary N) is 1. The van der Waals surface area contributed by atoms with Crippen LogP contribution in [0.15, 0.2) is 30.3 Å². The summed E-state index contributed by atoms with van der Waals surface area (Å²) in [6, 6.07) is 7.48. The van der Waals surface area contributed by atoms with Gasteiger partial charge in [0.2, 0.25) is 5.91 Å². The van der Waals surface area contributed by atoms with Crippen LogP contribution in [-0.2, 0) is 11.3 Å². The zero-order chi connectivity index (χ0) is 21.7. The van der Waals surface area contributed by atoms with Gasteiger partial charge in [0.25, 0.3) is 5.91 Å². The highest BCUT2D eigenvalue weighted by molar-refractivity contribution is 5.95. The number of primary amides is 2. The molecule has 0 bridgehead atoms. The third-order valence-electron chi connectivity index (χ3n) is 5.80. The van der Waals surface area contributed by atoms with E-state index in [-0.39, 0.29) is 17.4 Å².